The molecule has 33 heavy (non-hydrogen) atoms. The summed E-state index contributed by atoms with van der Waals surface area (Å²) in [7, 11) is -1.84. The van der Waals surface area contributed by atoms with E-state index >= 15 is 0 Å². The number of nitrogens with two attached hydrogens (primary N) is 1. The van der Waals surface area contributed by atoms with Gasteiger partial charge in [-0.25, -0.2) is 18.1 Å². The van der Waals surface area contributed by atoms with Crippen LogP contribution in [0.3, 0.4) is 0 Å². The highest BCUT2D eigenvalue weighted by atomic mass is 32.2. The Morgan fingerprint density at radius 3 is 2.42 bits per heavy atom. The van der Waals surface area contributed by atoms with Crippen LogP contribution < -0.4 is 10.5 Å². The molecule has 8 heteroatoms. The SMILES string of the molecule is CN1C(=O)[C@@](CCC2CCCCC2)(CC2CCC[C@@H](NS(=O)(=O)c3ccccc3)C2)N=C1N. The molecule has 2 fully saturated rings. The standard InChI is InChI=1S/C25H38N4O3S/c1-29-23(30)25(27-24(29)26,16-15-19-9-4-2-5-10-19)18-20-11-8-12-21(17-20)28-33(31,32)22-13-6-3-7-14-22/h3,6-7,13-14,19-21,28H,2,4-5,8-12,15-18H2,1H3,(H2,26,27)/t20?,21-,25-/m1/s1. The van der Waals surface area contributed by atoms with Gasteiger partial charge in [-0.2, -0.15) is 0 Å². The lowest BCUT2D eigenvalue weighted by atomic mass is 9.74. The molecule has 2 saturated carbocycles. The van der Waals surface area contributed by atoms with E-state index in [1.165, 1.54) is 37.0 Å². The Balaban J connectivity index is 1.44. The molecule has 2 aliphatic carbocycles. The van der Waals surface area contributed by atoms with Crippen LogP contribution in [0.2, 0.25) is 0 Å². The number of aliphatic imine (C=N–C) groups is 1. The number of nitrogens with one attached hydrogen (secondary N) is 1. The van der Waals surface area contributed by atoms with E-state index in [2.05, 4.69) is 4.72 Å². The van der Waals surface area contributed by atoms with Crippen LogP contribution in [0.5, 0.6) is 0 Å². The van der Waals surface area contributed by atoms with Crippen LogP contribution in [0.25, 0.3) is 0 Å². The number of amides is 1. The lowest BCUT2D eigenvalue weighted by molar-refractivity contribution is -0.131. The predicted octanol–water partition coefficient (Wildman–Crippen LogP) is 3.80. The number of nitrogens with zero attached hydrogens (tertiary/aromatic N) is 2. The van der Waals surface area contributed by atoms with Gasteiger partial charge in [0.2, 0.25) is 10.0 Å². The molecule has 182 valence electrons. The van der Waals surface area contributed by atoms with Gasteiger partial charge in [0.15, 0.2) is 5.96 Å². The maximum atomic E-state index is 13.3. The first kappa shape index (κ1) is 24.2. The van der Waals surface area contributed by atoms with Crippen LogP contribution >= 0.6 is 0 Å². The third-order valence-corrected chi connectivity index (χ3v) is 9.39. The largest absolute Gasteiger partial charge is 0.369 e. The highest BCUT2D eigenvalue weighted by Gasteiger charge is 2.48. The molecule has 1 unspecified atom stereocenters. The molecule has 1 amide bonds. The second kappa shape index (κ2) is 10.1. The quantitative estimate of drug-likeness (QED) is 0.598. The Bertz CT molecular complexity index is 959. The van der Waals surface area contributed by atoms with Crippen LogP contribution in [0.15, 0.2) is 40.2 Å². The van der Waals surface area contributed by atoms with E-state index in [-0.39, 0.29) is 17.9 Å². The van der Waals surface area contributed by atoms with E-state index in [4.69, 9.17) is 10.7 Å². The number of carbonyl (C=O) groups is 1. The summed E-state index contributed by atoms with van der Waals surface area (Å²) >= 11 is 0. The van der Waals surface area contributed by atoms with Gasteiger partial charge in [-0.3, -0.25) is 9.69 Å². The molecule has 1 aromatic rings. The Hall–Kier alpha value is -1.93. The number of hydrogen-bond donors (Lipinski definition) is 2. The van der Waals surface area contributed by atoms with Gasteiger partial charge in [0.25, 0.3) is 5.91 Å². The molecule has 0 aromatic heterocycles. The highest BCUT2D eigenvalue weighted by Crippen LogP contribution is 2.40. The first-order valence-corrected chi connectivity index (χ1v) is 14.0. The minimum absolute atomic E-state index is 0.00259. The smallest absolute Gasteiger partial charge is 0.257 e. The van der Waals surface area contributed by atoms with E-state index in [9.17, 15) is 13.2 Å². The maximum absolute atomic E-state index is 13.3. The van der Waals surface area contributed by atoms with Gasteiger partial charge >= 0.3 is 0 Å². The van der Waals surface area contributed by atoms with Gasteiger partial charge in [-0.1, -0.05) is 63.1 Å². The number of guanidine groups is 1. The molecule has 1 aromatic carbocycles. The zero-order valence-electron chi connectivity index (χ0n) is 19.7. The number of hydrogen-bond acceptors (Lipinski definition) is 5. The fourth-order valence-corrected chi connectivity index (χ4v) is 7.33. The Morgan fingerprint density at radius 2 is 1.76 bits per heavy atom. The summed E-state index contributed by atoms with van der Waals surface area (Å²) in [6.07, 6.45) is 12.2. The fraction of sp³-hybridized carbons (Fsp3) is 0.680. The molecule has 3 aliphatic rings. The first-order chi connectivity index (χ1) is 15.8. The average Bonchev–Trinajstić information content (AvgIpc) is 3.02. The minimum Gasteiger partial charge on any atom is -0.369 e. The molecule has 3 N–H and O–H groups in total. The van der Waals surface area contributed by atoms with Crippen LogP contribution in [0.1, 0.15) is 77.0 Å². The van der Waals surface area contributed by atoms with E-state index in [1.54, 1.807) is 31.3 Å². The summed E-state index contributed by atoms with van der Waals surface area (Å²) in [5, 5.41) is 0. The molecule has 0 bridgehead atoms. The van der Waals surface area contributed by atoms with E-state index in [0.717, 1.165) is 38.5 Å². The molecular formula is C25H38N4O3S. The summed E-state index contributed by atoms with van der Waals surface area (Å²) in [5.74, 6) is 1.21. The third kappa shape index (κ3) is 5.60. The van der Waals surface area contributed by atoms with Crippen molar-refractivity contribution in [2.75, 3.05) is 7.05 Å². The number of rotatable bonds is 8. The average molecular weight is 475 g/mol. The van der Waals surface area contributed by atoms with Crippen molar-refractivity contribution < 1.29 is 13.2 Å². The molecule has 0 saturated heterocycles. The number of likely N-dealkylation sites (N-methyl/N-ethyl adjacent to an activating group) is 1. The molecule has 4 rings (SSSR count). The fourth-order valence-electron chi connectivity index (χ4n) is 6.02. The zero-order valence-corrected chi connectivity index (χ0v) is 20.5. The molecule has 7 nitrogen and oxygen atoms in total. The van der Waals surface area contributed by atoms with Crippen LogP contribution in [0, 0.1) is 11.8 Å². The Labute approximate surface area is 198 Å². The van der Waals surface area contributed by atoms with E-state index in [1.807, 2.05) is 6.07 Å². The number of sulfonamides is 1. The summed E-state index contributed by atoms with van der Waals surface area (Å²) in [4.78, 5) is 19.8. The molecule has 0 radical (unpaired) electrons. The van der Waals surface area contributed by atoms with Gasteiger partial charge in [0, 0.05) is 13.1 Å². The van der Waals surface area contributed by atoms with Crippen LogP contribution in [0.4, 0.5) is 0 Å². The molecule has 1 heterocycles. The topological polar surface area (TPSA) is 105 Å². The second-order valence-electron chi connectivity index (χ2n) is 10.3. The third-order valence-electron chi connectivity index (χ3n) is 7.85. The van der Waals surface area contributed by atoms with Crippen molar-refractivity contribution >= 4 is 21.9 Å². The lowest BCUT2D eigenvalue weighted by Crippen LogP contribution is -2.45. The predicted molar refractivity (Wildman–Crippen MR) is 130 cm³/mol. The van der Waals surface area contributed by atoms with Crippen molar-refractivity contribution in [1.82, 2.24) is 9.62 Å². The number of carbonyl (C=O) groups excluding carboxylic acids is 1. The minimum atomic E-state index is -3.55. The molecular weight excluding hydrogens is 436 g/mol. The van der Waals surface area contributed by atoms with Gasteiger partial charge in [-0.05, 0) is 56.1 Å². The van der Waals surface area contributed by atoms with Crippen LogP contribution in [-0.2, 0) is 14.8 Å². The lowest BCUT2D eigenvalue weighted by Gasteiger charge is -2.35. The summed E-state index contributed by atoms with van der Waals surface area (Å²) in [5.41, 5.74) is 5.31. The van der Waals surface area contributed by atoms with Crippen molar-refractivity contribution in [3.63, 3.8) is 0 Å². The van der Waals surface area contributed by atoms with Gasteiger partial charge in [-0.15, -0.1) is 0 Å². The summed E-state index contributed by atoms with van der Waals surface area (Å²) in [6.45, 7) is 0. The number of benzene rings is 1. The first-order valence-electron chi connectivity index (χ1n) is 12.5. The molecule has 1 aliphatic heterocycles. The zero-order chi connectivity index (χ0) is 23.5. The molecule has 0 spiro atoms. The van der Waals surface area contributed by atoms with Crippen molar-refractivity contribution in [3.8, 4) is 0 Å². The van der Waals surface area contributed by atoms with Crippen molar-refractivity contribution in [3.05, 3.63) is 30.3 Å². The molecule has 3 atom stereocenters. The van der Waals surface area contributed by atoms with Gasteiger partial charge < -0.3 is 5.73 Å². The maximum Gasteiger partial charge on any atom is 0.257 e. The highest BCUT2D eigenvalue weighted by molar-refractivity contribution is 7.89. The summed E-state index contributed by atoms with van der Waals surface area (Å²) in [6, 6.07) is 8.39. The summed E-state index contributed by atoms with van der Waals surface area (Å²) < 4.78 is 28.5. The second-order valence-corrected chi connectivity index (χ2v) is 12.0. The monoisotopic (exact) mass is 474 g/mol. The van der Waals surface area contributed by atoms with Crippen molar-refractivity contribution in [2.24, 2.45) is 22.6 Å². The van der Waals surface area contributed by atoms with Gasteiger partial charge in [0.05, 0.1) is 4.90 Å². The Morgan fingerprint density at radius 1 is 1.06 bits per heavy atom. The Kier molecular flexibility index (Phi) is 7.43. The van der Waals surface area contributed by atoms with E-state index in [0.29, 0.717) is 23.2 Å². The van der Waals surface area contributed by atoms with E-state index < -0.39 is 15.6 Å². The van der Waals surface area contributed by atoms with Crippen LogP contribution in [-0.4, -0.2) is 43.8 Å². The van der Waals surface area contributed by atoms with Gasteiger partial charge in [0.1, 0.15) is 5.54 Å². The van der Waals surface area contributed by atoms with Crippen molar-refractivity contribution in [1.29, 1.82) is 0 Å². The van der Waals surface area contributed by atoms with Crippen molar-refractivity contribution in [2.45, 2.75) is 93.5 Å². The normalized spacial score (nSPS) is 29.3.